The molecular formula is C15H22N2O3. The Morgan fingerprint density at radius 1 is 1.35 bits per heavy atom. The van der Waals surface area contributed by atoms with Gasteiger partial charge in [0.2, 0.25) is 5.91 Å². The Hall–Kier alpha value is -1.75. The van der Waals surface area contributed by atoms with Crippen LogP contribution in [0, 0.1) is 0 Å². The molecule has 5 nitrogen and oxygen atoms in total. The molecule has 1 aromatic carbocycles. The first-order chi connectivity index (χ1) is 9.56. The van der Waals surface area contributed by atoms with Gasteiger partial charge in [0.15, 0.2) is 11.5 Å². The number of ether oxygens (including phenoxy) is 2. The summed E-state index contributed by atoms with van der Waals surface area (Å²) in [7, 11) is 3.29. The van der Waals surface area contributed by atoms with Crippen LogP contribution in [0.3, 0.4) is 0 Å². The summed E-state index contributed by atoms with van der Waals surface area (Å²) < 4.78 is 10.7. The van der Waals surface area contributed by atoms with Crippen molar-refractivity contribution in [2.24, 2.45) is 5.73 Å². The van der Waals surface area contributed by atoms with Gasteiger partial charge in [0.05, 0.1) is 14.2 Å². The van der Waals surface area contributed by atoms with E-state index in [1.807, 2.05) is 6.07 Å². The molecule has 1 atom stereocenters. The number of methoxy groups -OCH3 is 2. The van der Waals surface area contributed by atoms with Crippen LogP contribution in [0.15, 0.2) is 12.1 Å². The lowest BCUT2D eigenvalue weighted by atomic mass is 9.92. The van der Waals surface area contributed by atoms with E-state index in [-0.39, 0.29) is 11.9 Å². The molecule has 0 bridgehead atoms. The van der Waals surface area contributed by atoms with Crippen LogP contribution in [-0.4, -0.2) is 38.1 Å². The Bertz CT molecular complexity index is 502. The third kappa shape index (κ3) is 2.88. The van der Waals surface area contributed by atoms with E-state index in [1.165, 1.54) is 11.1 Å². The molecule has 2 rings (SSSR count). The summed E-state index contributed by atoms with van der Waals surface area (Å²) in [5, 5.41) is 0. The number of primary amides is 1. The zero-order valence-electron chi connectivity index (χ0n) is 12.3. The Kier molecular flexibility index (Phi) is 4.49. The van der Waals surface area contributed by atoms with E-state index in [0.717, 1.165) is 24.5 Å². The molecule has 5 heteroatoms. The van der Waals surface area contributed by atoms with Crippen molar-refractivity contribution in [3.8, 4) is 11.5 Å². The third-order valence-electron chi connectivity index (χ3n) is 3.96. The first-order valence-electron chi connectivity index (χ1n) is 6.84. The molecule has 1 aromatic rings. The quantitative estimate of drug-likeness (QED) is 0.886. The zero-order valence-corrected chi connectivity index (χ0v) is 12.3. The Balaban J connectivity index is 2.24. The molecule has 0 saturated heterocycles. The highest BCUT2D eigenvalue weighted by atomic mass is 16.5. The lowest BCUT2D eigenvalue weighted by molar-refractivity contribution is -0.118. The molecule has 2 N–H and O–H groups in total. The minimum atomic E-state index is -0.254. The molecule has 1 amide bonds. The Labute approximate surface area is 119 Å². The van der Waals surface area contributed by atoms with E-state index in [2.05, 4.69) is 17.9 Å². The molecule has 1 aliphatic rings. The van der Waals surface area contributed by atoms with Crippen molar-refractivity contribution in [2.75, 3.05) is 27.3 Å². The number of rotatable bonds is 5. The van der Waals surface area contributed by atoms with Gasteiger partial charge in [-0.15, -0.1) is 0 Å². The fourth-order valence-electron chi connectivity index (χ4n) is 2.76. The van der Waals surface area contributed by atoms with Gasteiger partial charge in [-0.2, -0.15) is 0 Å². The average Bonchev–Trinajstić information content (AvgIpc) is 2.45. The van der Waals surface area contributed by atoms with Crippen molar-refractivity contribution < 1.29 is 14.3 Å². The van der Waals surface area contributed by atoms with Crippen molar-refractivity contribution in [1.82, 2.24) is 4.90 Å². The largest absolute Gasteiger partial charge is 0.493 e. The van der Waals surface area contributed by atoms with Crippen LogP contribution in [0.2, 0.25) is 0 Å². The second kappa shape index (κ2) is 6.13. The van der Waals surface area contributed by atoms with Crippen molar-refractivity contribution in [2.45, 2.75) is 25.8 Å². The van der Waals surface area contributed by atoms with Gasteiger partial charge in [0, 0.05) is 25.6 Å². The lowest BCUT2D eigenvalue weighted by Crippen LogP contribution is -2.36. The van der Waals surface area contributed by atoms with Crippen LogP contribution in [0.5, 0.6) is 11.5 Å². The smallest absolute Gasteiger partial charge is 0.218 e. The predicted molar refractivity (Wildman–Crippen MR) is 77.0 cm³/mol. The summed E-state index contributed by atoms with van der Waals surface area (Å²) in [6, 6.07) is 4.34. The molecular weight excluding hydrogens is 256 g/mol. The van der Waals surface area contributed by atoms with Gasteiger partial charge in [-0.25, -0.2) is 0 Å². The molecule has 1 heterocycles. The fourth-order valence-corrected chi connectivity index (χ4v) is 2.76. The predicted octanol–water partition coefficient (Wildman–Crippen LogP) is 1.50. The fraction of sp³-hybridized carbons (Fsp3) is 0.533. The summed E-state index contributed by atoms with van der Waals surface area (Å²) in [4.78, 5) is 13.2. The van der Waals surface area contributed by atoms with Gasteiger partial charge in [-0.1, -0.05) is 0 Å². The maximum Gasteiger partial charge on any atom is 0.218 e. The SMILES string of the molecule is COc1cc2c(cc1OC)[C@@H](C)N(CCC(N)=O)CC2. The monoisotopic (exact) mass is 278 g/mol. The molecule has 110 valence electrons. The normalized spacial score (nSPS) is 18.4. The molecule has 20 heavy (non-hydrogen) atoms. The Morgan fingerprint density at radius 3 is 2.60 bits per heavy atom. The van der Waals surface area contributed by atoms with Crippen molar-refractivity contribution in [3.63, 3.8) is 0 Å². The number of benzene rings is 1. The number of hydrogen-bond acceptors (Lipinski definition) is 4. The Morgan fingerprint density at radius 2 is 2.00 bits per heavy atom. The van der Waals surface area contributed by atoms with E-state index < -0.39 is 0 Å². The van der Waals surface area contributed by atoms with E-state index in [9.17, 15) is 4.79 Å². The average molecular weight is 278 g/mol. The molecule has 0 saturated carbocycles. The number of nitrogens with zero attached hydrogens (tertiary/aromatic N) is 1. The number of carbonyl (C=O) groups is 1. The van der Waals surface area contributed by atoms with Crippen molar-refractivity contribution >= 4 is 5.91 Å². The van der Waals surface area contributed by atoms with Crippen LogP contribution in [0.4, 0.5) is 0 Å². The van der Waals surface area contributed by atoms with Crippen molar-refractivity contribution in [3.05, 3.63) is 23.3 Å². The molecule has 0 aromatic heterocycles. The molecule has 1 aliphatic heterocycles. The van der Waals surface area contributed by atoms with Gasteiger partial charge in [-0.3, -0.25) is 9.69 Å². The lowest BCUT2D eigenvalue weighted by Gasteiger charge is -2.35. The zero-order chi connectivity index (χ0) is 14.7. The highest BCUT2D eigenvalue weighted by Gasteiger charge is 2.25. The van der Waals surface area contributed by atoms with E-state index in [4.69, 9.17) is 15.2 Å². The highest BCUT2D eigenvalue weighted by Crippen LogP contribution is 2.37. The van der Waals surface area contributed by atoms with Crippen LogP contribution in [0.25, 0.3) is 0 Å². The number of fused-ring (bicyclic) bond motifs is 1. The van der Waals surface area contributed by atoms with Gasteiger partial charge >= 0.3 is 0 Å². The standard InChI is InChI=1S/C15H22N2O3/c1-10-12-9-14(20-3)13(19-2)8-11(12)4-6-17(10)7-5-15(16)18/h8-10H,4-7H2,1-3H3,(H2,16,18)/t10-/m1/s1. The van der Waals surface area contributed by atoms with Crippen LogP contribution in [-0.2, 0) is 11.2 Å². The second-order valence-corrected chi connectivity index (χ2v) is 5.08. The minimum Gasteiger partial charge on any atom is -0.493 e. The maximum atomic E-state index is 10.9. The summed E-state index contributed by atoms with van der Waals surface area (Å²) in [6.07, 6.45) is 1.34. The summed E-state index contributed by atoms with van der Waals surface area (Å²) >= 11 is 0. The topological polar surface area (TPSA) is 64.8 Å². The maximum absolute atomic E-state index is 10.9. The van der Waals surface area contributed by atoms with Crippen LogP contribution in [0.1, 0.15) is 30.5 Å². The highest BCUT2D eigenvalue weighted by molar-refractivity contribution is 5.73. The van der Waals surface area contributed by atoms with E-state index in [1.54, 1.807) is 14.2 Å². The van der Waals surface area contributed by atoms with Crippen LogP contribution < -0.4 is 15.2 Å². The second-order valence-electron chi connectivity index (χ2n) is 5.08. The van der Waals surface area contributed by atoms with Crippen LogP contribution >= 0.6 is 0 Å². The summed E-state index contributed by atoms with van der Waals surface area (Å²) in [5.41, 5.74) is 7.75. The van der Waals surface area contributed by atoms with Gasteiger partial charge in [0.25, 0.3) is 0 Å². The summed E-state index contributed by atoms with van der Waals surface area (Å²) in [5.74, 6) is 1.26. The number of amides is 1. The first kappa shape index (κ1) is 14.7. The molecule has 0 radical (unpaired) electrons. The number of nitrogens with two attached hydrogens (primary N) is 1. The third-order valence-corrected chi connectivity index (χ3v) is 3.96. The molecule has 0 aliphatic carbocycles. The summed E-state index contributed by atoms with van der Waals surface area (Å²) in [6.45, 7) is 3.77. The number of carbonyl (C=O) groups excluding carboxylic acids is 1. The van der Waals surface area contributed by atoms with Gasteiger partial charge < -0.3 is 15.2 Å². The van der Waals surface area contributed by atoms with Gasteiger partial charge in [-0.05, 0) is 36.6 Å². The van der Waals surface area contributed by atoms with Gasteiger partial charge in [0.1, 0.15) is 0 Å². The molecule has 0 unspecified atom stereocenters. The van der Waals surface area contributed by atoms with Crippen molar-refractivity contribution in [1.29, 1.82) is 0 Å². The van der Waals surface area contributed by atoms with E-state index >= 15 is 0 Å². The minimum absolute atomic E-state index is 0.248. The first-order valence-corrected chi connectivity index (χ1v) is 6.84. The van der Waals surface area contributed by atoms with E-state index in [0.29, 0.717) is 13.0 Å². The molecule has 0 spiro atoms. The number of hydrogen-bond donors (Lipinski definition) is 1. The molecule has 0 fully saturated rings.